The van der Waals surface area contributed by atoms with Crippen molar-refractivity contribution in [3.8, 4) is 0 Å². The van der Waals surface area contributed by atoms with Gasteiger partial charge in [0.25, 0.3) is 10.0 Å². The molecule has 100 valence electrons. The van der Waals surface area contributed by atoms with E-state index in [9.17, 15) is 8.42 Å². The molecule has 0 unspecified atom stereocenters. The molecule has 7 heteroatoms. The summed E-state index contributed by atoms with van der Waals surface area (Å²) >= 11 is 1.17. The van der Waals surface area contributed by atoms with Gasteiger partial charge in [0.15, 0.2) is 4.21 Å². The monoisotopic (exact) mass is 295 g/mol. The number of nitrogens with zero attached hydrogens (tertiary/aromatic N) is 1. The van der Waals surface area contributed by atoms with Gasteiger partial charge in [-0.15, -0.1) is 11.3 Å². The summed E-state index contributed by atoms with van der Waals surface area (Å²) in [4.78, 5) is 3.97. The molecule has 2 aromatic rings. The average molecular weight is 295 g/mol. The predicted octanol–water partition coefficient (Wildman–Crippen LogP) is 2.22. The number of hydrogen-bond donors (Lipinski definition) is 2. The number of nitrogens with one attached hydrogen (secondary N) is 2. The Balaban J connectivity index is 1.89. The van der Waals surface area contributed by atoms with E-state index < -0.39 is 10.0 Å². The molecule has 1 aliphatic rings. The maximum atomic E-state index is 12.2. The van der Waals surface area contributed by atoms with Gasteiger partial charge in [-0.05, 0) is 37.1 Å². The Morgan fingerprint density at radius 3 is 3.00 bits per heavy atom. The predicted molar refractivity (Wildman–Crippen MR) is 76.3 cm³/mol. The van der Waals surface area contributed by atoms with Gasteiger partial charge in [-0.3, -0.25) is 4.72 Å². The average Bonchev–Trinajstić information content (AvgIpc) is 2.96. The standard InChI is InChI=1S/C12H13N3O2S2/c1-8-14-7-12(18-8)19(16,17)15-10-2-3-11-9(6-10)4-5-13-11/h2-3,6-7,13,15H,4-5H2,1H3. The van der Waals surface area contributed by atoms with Gasteiger partial charge in [-0.1, -0.05) is 0 Å². The first kappa shape index (κ1) is 12.4. The number of anilines is 2. The van der Waals surface area contributed by atoms with Crippen molar-refractivity contribution in [2.24, 2.45) is 0 Å². The Morgan fingerprint density at radius 2 is 2.26 bits per heavy atom. The molecule has 1 aliphatic heterocycles. The topological polar surface area (TPSA) is 71.1 Å². The van der Waals surface area contributed by atoms with Crippen molar-refractivity contribution in [3.05, 3.63) is 35.0 Å². The molecule has 5 nitrogen and oxygen atoms in total. The van der Waals surface area contributed by atoms with Gasteiger partial charge < -0.3 is 5.32 Å². The molecule has 0 atom stereocenters. The van der Waals surface area contributed by atoms with Gasteiger partial charge in [0.05, 0.1) is 11.2 Å². The van der Waals surface area contributed by atoms with Crippen LogP contribution in [0.3, 0.4) is 0 Å². The number of aromatic nitrogens is 1. The number of rotatable bonds is 3. The van der Waals surface area contributed by atoms with Crippen LogP contribution in [-0.2, 0) is 16.4 Å². The van der Waals surface area contributed by atoms with Crippen molar-refractivity contribution >= 4 is 32.7 Å². The Hall–Kier alpha value is -1.60. The van der Waals surface area contributed by atoms with Crippen molar-refractivity contribution in [3.63, 3.8) is 0 Å². The van der Waals surface area contributed by atoms with Crippen LogP contribution in [0.1, 0.15) is 10.6 Å². The molecule has 0 aliphatic carbocycles. The third-order valence-electron chi connectivity index (χ3n) is 2.93. The minimum Gasteiger partial charge on any atom is -0.384 e. The minimum absolute atomic E-state index is 0.239. The smallest absolute Gasteiger partial charge is 0.273 e. The van der Waals surface area contributed by atoms with E-state index in [2.05, 4.69) is 15.0 Å². The first-order valence-corrected chi connectivity index (χ1v) is 8.17. The summed E-state index contributed by atoms with van der Waals surface area (Å²) in [6.45, 7) is 2.68. The zero-order valence-electron chi connectivity index (χ0n) is 10.3. The second-order valence-corrected chi connectivity index (χ2v) is 7.50. The second kappa shape index (κ2) is 4.50. The lowest BCUT2D eigenvalue weighted by molar-refractivity contribution is 0.603. The third kappa shape index (κ3) is 2.43. The molecular weight excluding hydrogens is 282 g/mol. The summed E-state index contributed by atoms with van der Waals surface area (Å²) in [6, 6.07) is 5.54. The Morgan fingerprint density at radius 1 is 1.42 bits per heavy atom. The lowest BCUT2D eigenvalue weighted by atomic mass is 10.1. The first-order valence-electron chi connectivity index (χ1n) is 5.87. The molecule has 0 saturated carbocycles. The molecular formula is C12H13N3O2S2. The van der Waals surface area contributed by atoms with E-state index >= 15 is 0 Å². The molecule has 0 radical (unpaired) electrons. The third-order valence-corrected chi connectivity index (χ3v) is 5.69. The molecule has 0 amide bonds. The summed E-state index contributed by atoms with van der Waals surface area (Å²) in [6.07, 6.45) is 2.31. The van der Waals surface area contributed by atoms with Crippen LogP contribution < -0.4 is 10.0 Å². The maximum absolute atomic E-state index is 12.2. The summed E-state index contributed by atoms with van der Waals surface area (Å²) in [5, 5.41) is 3.97. The van der Waals surface area contributed by atoms with E-state index in [4.69, 9.17) is 0 Å². The normalized spacial score (nSPS) is 13.9. The summed E-state index contributed by atoms with van der Waals surface area (Å²) in [5.74, 6) is 0. The van der Waals surface area contributed by atoms with Crippen molar-refractivity contribution in [2.75, 3.05) is 16.6 Å². The number of aryl methyl sites for hydroxylation is 1. The van der Waals surface area contributed by atoms with Crippen LogP contribution in [0.5, 0.6) is 0 Å². The molecule has 0 fully saturated rings. The lowest BCUT2D eigenvalue weighted by Crippen LogP contribution is -2.11. The number of sulfonamides is 1. The molecule has 0 saturated heterocycles. The summed E-state index contributed by atoms with van der Waals surface area (Å²) in [7, 11) is -3.52. The molecule has 2 heterocycles. The number of thiazole rings is 1. The van der Waals surface area contributed by atoms with Crippen LogP contribution in [0.25, 0.3) is 0 Å². The van der Waals surface area contributed by atoms with E-state index in [-0.39, 0.29) is 4.21 Å². The number of benzene rings is 1. The van der Waals surface area contributed by atoms with Crippen molar-refractivity contribution in [1.29, 1.82) is 0 Å². The quantitative estimate of drug-likeness (QED) is 0.911. The Kier molecular flexibility index (Phi) is 2.94. The first-order chi connectivity index (χ1) is 9.04. The van der Waals surface area contributed by atoms with Crippen LogP contribution in [0.4, 0.5) is 11.4 Å². The molecule has 3 rings (SSSR count). The van der Waals surface area contributed by atoms with Gasteiger partial charge in [-0.25, -0.2) is 13.4 Å². The number of fused-ring (bicyclic) bond motifs is 1. The molecule has 19 heavy (non-hydrogen) atoms. The zero-order valence-corrected chi connectivity index (χ0v) is 11.9. The largest absolute Gasteiger partial charge is 0.384 e. The second-order valence-electron chi connectivity index (χ2n) is 4.35. The van der Waals surface area contributed by atoms with E-state index in [0.29, 0.717) is 5.69 Å². The summed E-state index contributed by atoms with van der Waals surface area (Å²) in [5.41, 5.74) is 2.81. The van der Waals surface area contributed by atoms with Crippen molar-refractivity contribution in [1.82, 2.24) is 4.98 Å². The zero-order chi connectivity index (χ0) is 13.5. The van der Waals surface area contributed by atoms with Gasteiger partial charge in [0.2, 0.25) is 0 Å². The van der Waals surface area contributed by atoms with Gasteiger partial charge in [0, 0.05) is 17.9 Å². The molecule has 0 spiro atoms. The fraction of sp³-hybridized carbons (Fsp3) is 0.250. The highest BCUT2D eigenvalue weighted by atomic mass is 32.2. The SMILES string of the molecule is Cc1ncc(S(=O)(=O)Nc2ccc3c(c2)CCN3)s1. The molecule has 1 aromatic carbocycles. The number of hydrogen-bond acceptors (Lipinski definition) is 5. The van der Waals surface area contributed by atoms with Crippen LogP contribution in [0.15, 0.2) is 28.6 Å². The van der Waals surface area contributed by atoms with E-state index in [1.807, 2.05) is 12.1 Å². The van der Waals surface area contributed by atoms with Crippen molar-refractivity contribution in [2.45, 2.75) is 17.6 Å². The minimum atomic E-state index is -3.52. The molecule has 1 aromatic heterocycles. The van der Waals surface area contributed by atoms with Crippen LogP contribution in [0.2, 0.25) is 0 Å². The van der Waals surface area contributed by atoms with Gasteiger partial charge >= 0.3 is 0 Å². The van der Waals surface area contributed by atoms with E-state index in [1.165, 1.54) is 17.5 Å². The fourth-order valence-corrected chi connectivity index (χ4v) is 4.20. The summed E-state index contributed by atoms with van der Waals surface area (Å²) < 4.78 is 27.1. The van der Waals surface area contributed by atoms with E-state index in [1.54, 1.807) is 13.0 Å². The van der Waals surface area contributed by atoms with Gasteiger partial charge in [-0.2, -0.15) is 0 Å². The Bertz CT molecular complexity index is 722. The Labute approximate surface area is 115 Å². The molecule has 2 N–H and O–H groups in total. The van der Waals surface area contributed by atoms with Crippen molar-refractivity contribution < 1.29 is 8.42 Å². The van der Waals surface area contributed by atoms with Crippen LogP contribution >= 0.6 is 11.3 Å². The van der Waals surface area contributed by atoms with Gasteiger partial charge in [0.1, 0.15) is 0 Å². The van der Waals surface area contributed by atoms with Crippen LogP contribution in [-0.4, -0.2) is 19.9 Å². The molecule has 0 bridgehead atoms. The fourth-order valence-electron chi connectivity index (χ4n) is 2.04. The lowest BCUT2D eigenvalue weighted by Gasteiger charge is -2.07. The maximum Gasteiger partial charge on any atom is 0.273 e. The van der Waals surface area contributed by atoms with E-state index in [0.717, 1.165) is 29.2 Å². The highest BCUT2D eigenvalue weighted by Crippen LogP contribution is 2.27. The highest BCUT2D eigenvalue weighted by molar-refractivity contribution is 7.94. The van der Waals surface area contributed by atoms with Crippen LogP contribution in [0, 0.1) is 6.92 Å². The highest BCUT2D eigenvalue weighted by Gasteiger charge is 2.18.